The quantitative estimate of drug-likeness (QED) is 0.591. The zero-order chi connectivity index (χ0) is 7.98. The monoisotopic (exact) mass is 145 g/mol. The maximum atomic E-state index is 5.15. The lowest BCUT2D eigenvalue weighted by molar-refractivity contribution is -0.0374. The summed E-state index contributed by atoms with van der Waals surface area (Å²) in [5.74, 6) is 0. The molecule has 0 aromatic rings. The maximum absolute atomic E-state index is 5.15. The van der Waals surface area contributed by atoms with Gasteiger partial charge < -0.3 is 9.47 Å². The smallest absolute Gasteiger partial charge is 0.209 e. The molecule has 61 valence electrons. The summed E-state index contributed by atoms with van der Waals surface area (Å²) >= 11 is 0. The molecule has 1 radical (unpaired) electrons. The van der Waals surface area contributed by atoms with Gasteiger partial charge in [-0.05, 0) is 27.2 Å². The molecule has 0 saturated heterocycles. The average molecular weight is 145 g/mol. The first-order valence-corrected chi connectivity index (χ1v) is 3.79. The molecule has 0 heterocycles. The Kier molecular flexibility index (Phi) is 5.64. The van der Waals surface area contributed by atoms with Gasteiger partial charge in [0.1, 0.15) is 0 Å². The van der Waals surface area contributed by atoms with Gasteiger partial charge >= 0.3 is 0 Å². The Hall–Kier alpha value is -0.0800. The Labute approximate surface area is 63.5 Å². The number of hydrogen-bond acceptors (Lipinski definition) is 2. The van der Waals surface area contributed by atoms with E-state index in [1.807, 2.05) is 20.8 Å². The van der Waals surface area contributed by atoms with Crippen LogP contribution in [0.3, 0.4) is 0 Å². The highest BCUT2D eigenvalue weighted by atomic mass is 16.7. The Morgan fingerprint density at radius 2 is 1.80 bits per heavy atom. The molecule has 0 saturated carbocycles. The van der Waals surface area contributed by atoms with Gasteiger partial charge in [0.05, 0.1) is 12.2 Å². The van der Waals surface area contributed by atoms with Gasteiger partial charge in [0, 0.05) is 0 Å². The van der Waals surface area contributed by atoms with Crippen LogP contribution < -0.4 is 0 Å². The third kappa shape index (κ3) is 6.05. The van der Waals surface area contributed by atoms with Crippen LogP contribution in [0.5, 0.6) is 0 Å². The fraction of sp³-hybridized carbons (Fsp3) is 0.875. The molecule has 10 heavy (non-hydrogen) atoms. The van der Waals surface area contributed by atoms with E-state index in [-0.39, 0.29) is 12.2 Å². The van der Waals surface area contributed by atoms with E-state index in [1.165, 1.54) is 6.79 Å². The van der Waals surface area contributed by atoms with E-state index in [0.29, 0.717) is 0 Å². The molecule has 0 aromatic carbocycles. The van der Waals surface area contributed by atoms with Gasteiger partial charge in [-0.1, -0.05) is 6.92 Å². The highest BCUT2D eigenvalue weighted by Crippen LogP contribution is 2.00. The van der Waals surface area contributed by atoms with Crippen LogP contribution in [0.1, 0.15) is 34.1 Å². The van der Waals surface area contributed by atoms with Crippen molar-refractivity contribution in [2.45, 2.75) is 46.3 Å². The zero-order valence-corrected chi connectivity index (χ0v) is 7.26. The van der Waals surface area contributed by atoms with Crippen molar-refractivity contribution < 1.29 is 9.47 Å². The molecule has 1 atom stereocenters. The van der Waals surface area contributed by atoms with Crippen LogP contribution in [0.25, 0.3) is 0 Å². The minimum atomic E-state index is 0.212. The number of hydrogen-bond donors (Lipinski definition) is 0. The van der Waals surface area contributed by atoms with Crippen LogP contribution in [0, 0.1) is 6.79 Å². The summed E-state index contributed by atoms with van der Waals surface area (Å²) in [6.45, 7) is 9.46. The van der Waals surface area contributed by atoms with Crippen molar-refractivity contribution in [1.82, 2.24) is 0 Å². The molecule has 1 unspecified atom stereocenters. The Balaban J connectivity index is 3.03. The van der Waals surface area contributed by atoms with Crippen molar-refractivity contribution in [2.24, 2.45) is 0 Å². The minimum Gasteiger partial charge on any atom is -0.345 e. The van der Waals surface area contributed by atoms with Crippen molar-refractivity contribution in [2.75, 3.05) is 0 Å². The van der Waals surface area contributed by atoms with Crippen LogP contribution in [0.15, 0.2) is 0 Å². The van der Waals surface area contributed by atoms with Crippen LogP contribution in [0.4, 0.5) is 0 Å². The predicted octanol–water partition coefficient (Wildman–Crippen LogP) is 2.35. The zero-order valence-electron chi connectivity index (χ0n) is 7.26. The van der Waals surface area contributed by atoms with Crippen molar-refractivity contribution in [3.63, 3.8) is 0 Å². The van der Waals surface area contributed by atoms with Crippen molar-refractivity contribution in [1.29, 1.82) is 0 Å². The lowest BCUT2D eigenvalue weighted by Crippen LogP contribution is -2.08. The topological polar surface area (TPSA) is 18.5 Å². The Bertz CT molecular complexity index is 71.7. The van der Waals surface area contributed by atoms with E-state index in [4.69, 9.17) is 9.47 Å². The van der Waals surface area contributed by atoms with Gasteiger partial charge in [0.2, 0.25) is 6.79 Å². The molecule has 2 nitrogen and oxygen atoms in total. The van der Waals surface area contributed by atoms with Gasteiger partial charge in [-0.25, -0.2) is 0 Å². The lowest BCUT2D eigenvalue weighted by atomic mass is 10.3. The summed E-state index contributed by atoms with van der Waals surface area (Å²) in [6.07, 6.45) is 1.49. The number of ether oxygens (including phenoxy) is 2. The maximum Gasteiger partial charge on any atom is 0.209 e. The average Bonchev–Trinajstić information content (AvgIpc) is 1.87. The molecule has 0 rings (SSSR count). The third-order valence-electron chi connectivity index (χ3n) is 1.19. The van der Waals surface area contributed by atoms with Gasteiger partial charge in [-0.3, -0.25) is 0 Å². The third-order valence-corrected chi connectivity index (χ3v) is 1.19. The van der Waals surface area contributed by atoms with Crippen molar-refractivity contribution in [3.05, 3.63) is 6.79 Å². The normalized spacial score (nSPS) is 14.1. The lowest BCUT2D eigenvalue weighted by Gasteiger charge is -2.11. The van der Waals surface area contributed by atoms with Crippen LogP contribution >= 0.6 is 0 Å². The molecule has 0 spiro atoms. The molecule has 0 N–H and O–H groups in total. The van der Waals surface area contributed by atoms with Crippen molar-refractivity contribution >= 4 is 0 Å². The minimum absolute atomic E-state index is 0.212. The summed E-state index contributed by atoms with van der Waals surface area (Å²) < 4.78 is 10.2. The largest absolute Gasteiger partial charge is 0.345 e. The molecule has 0 aromatic heterocycles. The summed E-state index contributed by atoms with van der Waals surface area (Å²) in [5.41, 5.74) is 0. The van der Waals surface area contributed by atoms with E-state index in [9.17, 15) is 0 Å². The molecule has 0 bridgehead atoms. The summed E-state index contributed by atoms with van der Waals surface area (Å²) in [7, 11) is 0. The molecule has 2 heteroatoms. The first kappa shape index (κ1) is 9.92. The number of rotatable bonds is 5. The van der Waals surface area contributed by atoms with E-state index in [2.05, 4.69) is 6.92 Å². The van der Waals surface area contributed by atoms with E-state index < -0.39 is 0 Å². The second-order valence-corrected chi connectivity index (χ2v) is 2.64. The Morgan fingerprint density at radius 1 is 1.20 bits per heavy atom. The van der Waals surface area contributed by atoms with Gasteiger partial charge in [0.25, 0.3) is 0 Å². The van der Waals surface area contributed by atoms with Crippen LogP contribution in [-0.2, 0) is 9.47 Å². The standard InChI is InChI=1S/C8H17O2/c1-5-8(4)10-6-9-7(2)3/h6-8H,5H2,1-4H3. The highest BCUT2D eigenvalue weighted by Gasteiger charge is 1.99. The van der Waals surface area contributed by atoms with Crippen LogP contribution in [-0.4, -0.2) is 12.2 Å². The Morgan fingerprint density at radius 3 is 2.20 bits per heavy atom. The predicted molar refractivity (Wildman–Crippen MR) is 41.4 cm³/mol. The molecule has 0 aliphatic heterocycles. The van der Waals surface area contributed by atoms with Gasteiger partial charge in [-0.15, -0.1) is 0 Å². The van der Waals surface area contributed by atoms with Gasteiger partial charge in [0.15, 0.2) is 0 Å². The van der Waals surface area contributed by atoms with E-state index in [1.54, 1.807) is 0 Å². The van der Waals surface area contributed by atoms with Crippen molar-refractivity contribution in [3.8, 4) is 0 Å². The fourth-order valence-corrected chi connectivity index (χ4v) is 0.334. The molecular formula is C8H17O2. The molecule has 0 amide bonds. The molecular weight excluding hydrogens is 128 g/mol. The SMILES string of the molecule is CCC(C)O[CH]OC(C)C. The van der Waals surface area contributed by atoms with Crippen LogP contribution in [0.2, 0.25) is 0 Å². The fourth-order valence-electron chi connectivity index (χ4n) is 0.334. The first-order chi connectivity index (χ1) is 4.66. The van der Waals surface area contributed by atoms with E-state index in [0.717, 1.165) is 6.42 Å². The summed E-state index contributed by atoms with van der Waals surface area (Å²) in [5, 5.41) is 0. The molecule has 0 aliphatic carbocycles. The van der Waals surface area contributed by atoms with E-state index >= 15 is 0 Å². The second kappa shape index (κ2) is 5.69. The first-order valence-electron chi connectivity index (χ1n) is 3.79. The molecule has 0 fully saturated rings. The highest BCUT2D eigenvalue weighted by molar-refractivity contribution is 4.46. The van der Waals surface area contributed by atoms with Gasteiger partial charge in [-0.2, -0.15) is 0 Å². The summed E-state index contributed by atoms with van der Waals surface area (Å²) in [6, 6.07) is 0. The summed E-state index contributed by atoms with van der Waals surface area (Å²) in [4.78, 5) is 0. The second-order valence-electron chi connectivity index (χ2n) is 2.64. The molecule has 0 aliphatic rings.